The first kappa shape index (κ1) is 16.4. The lowest BCUT2D eigenvalue weighted by Gasteiger charge is -2.37. The lowest BCUT2D eigenvalue weighted by Crippen LogP contribution is -2.54. The third-order valence-corrected chi connectivity index (χ3v) is 5.74. The Balaban J connectivity index is 1.55. The molecular weight excluding hydrogens is 341 g/mol. The van der Waals surface area contributed by atoms with Gasteiger partial charge in [-0.3, -0.25) is 0 Å². The predicted octanol–water partition coefficient (Wildman–Crippen LogP) is 3.07. The monoisotopic (exact) mass is 355 g/mol. The largest absolute Gasteiger partial charge is 0.371 e. The van der Waals surface area contributed by atoms with Crippen molar-refractivity contribution in [2.45, 2.75) is 17.6 Å². The lowest BCUT2D eigenvalue weighted by atomic mass is 10.2. The summed E-state index contributed by atoms with van der Waals surface area (Å²) >= 11 is 5.77. The Kier molecular flexibility index (Phi) is 4.68. The van der Waals surface area contributed by atoms with Gasteiger partial charge in [-0.05, 0) is 42.0 Å². The minimum Gasteiger partial charge on any atom is -0.371 e. The Labute approximate surface area is 139 Å². The smallest absolute Gasteiger partial charge is 0.243 e. The van der Waals surface area contributed by atoms with Crippen LogP contribution in [0, 0.1) is 5.82 Å². The van der Waals surface area contributed by atoms with E-state index in [1.165, 1.54) is 28.6 Å². The molecule has 2 aromatic carbocycles. The molecule has 0 unspecified atom stereocenters. The van der Waals surface area contributed by atoms with Crippen LogP contribution in [0.4, 0.5) is 4.39 Å². The van der Waals surface area contributed by atoms with Gasteiger partial charge in [-0.1, -0.05) is 23.7 Å². The number of hydrogen-bond donors (Lipinski definition) is 0. The maximum atomic E-state index is 13.1. The Morgan fingerprint density at radius 1 is 1.17 bits per heavy atom. The van der Waals surface area contributed by atoms with Crippen LogP contribution >= 0.6 is 11.6 Å². The van der Waals surface area contributed by atoms with Crippen LogP contribution in [0.15, 0.2) is 53.4 Å². The van der Waals surface area contributed by atoms with E-state index in [1.54, 1.807) is 24.3 Å². The number of halogens is 2. The van der Waals surface area contributed by atoms with Gasteiger partial charge in [0.05, 0.1) is 17.6 Å². The van der Waals surface area contributed by atoms with Crippen molar-refractivity contribution in [2.24, 2.45) is 0 Å². The first-order valence-corrected chi connectivity index (χ1v) is 8.89. The number of benzene rings is 2. The fraction of sp³-hybridized carbons (Fsp3) is 0.250. The minimum absolute atomic E-state index is 0.180. The molecule has 1 aliphatic heterocycles. The zero-order chi connectivity index (χ0) is 16.4. The molecule has 2 aromatic rings. The van der Waals surface area contributed by atoms with Crippen molar-refractivity contribution in [3.63, 3.8) is 0 Å². The van der Waals surface area contributed by atoms with Crippen LogP contribution in [0.25, 0.3) is 0 Å². The van der Waals surface area contributed by atoms with Crippen molar-refractivity contribution < 1.29 is 17.5 Å². The van der Waals surface area contributed by atoms with Gasteiger partial charge in [0.15, 0.2) is 0 Å². The fourth-order valence-electron chi connectivity index (χ4n) is 2.30. The SMILES string of the molecule is O=S(=O)(c1ccc(Cl)cc1)N1CC(OCc2cccc(F)c2)C1. The van der Waals surface area contributed by atoms with Gasteiger partial charge in [0.1, 0.15) is 5.82 Å². The van der Waals surface area contributed by atoms with E-state index < -0.39 is 10.0 Å². The van der Waals surface area contributed by atoms with Crippen LogP contribution in [0.5, 0.6) is 0 Å². The van der Waals surface area contributed by atoms with Crippen molar-refractivity contribution in [2.75, 3.05) is 13.1 Å². The molecule has 0 spiro atoms. The van der Waals surface area contributed by atoms with Gasteiger partial charge >= 0.3 is 0 Å². The molecule has 23 heavy (non-hydrogen) atoms. The highest BCUT2D eigenvalue weighted by molar-refractivity contribution is 7.89. The number of hydrogen-bond acceptors (Lipinski definition) is 3. The van der Waals surface area contributed by atoms with Gasteiger partial charge in [0.2, 0.25) is 10.0 Å². The van der Waals surface area contributed by atoms with E-state index in [0.717, 1.165) is 5.56 Å². The van der Waals surface area contributed by atoms with E-state index in [2.05, 4.69) is 0 Å². The van der Waals surface area contributed by atoms with E-state index >= 15 is 0 Å². The van der Waals surface area contributed by atoms with Crippen LogP contribution in [0.3, 0.4) is 0 Å². The molecule has 0 atom stereocenters. The second-order valence-corrected chi connectivity index (χ2v) is 7.71. The summed E-state index contributed by atoms with van der Waals surface area (Å²) in [6.07, 6.45) is -0.180. The van der Waals surface area contributed by atoms with Gasteiger partial charge in [-0.25, -0.2) is 12.8 Å². The Bertz CT molecular complexity index is 789. The Morgan fingerprint density at radius 2 is 1.87 bits per heavy atom. The van der Waals surface area contributed by atoms with Gasteiger partial charge in [-0.2, -0.15) is 4.31 Å². The van der Waals surface area contributed by atoms with Crippen molar-refractivity contribution in [3.05, 3.63) is 64.9 Å². The zero-order valence-corrected chi connectivity index (χ0v) is 13.7. The molecule has 122 valence electrons. The van der Waals surface area contributed by atoms with Crippen molar-refractivity contribution in [3.8, 4) is 0 Å². The van der Waals surface area contributed by atoms with Gasteiger partial charge in [0.25, 0.3) is 0 Å². The van der Waals surface area contributed by atoms with Crippen LogP contribution < -0.4 is 0 Å². The number of ether oxygens (including phenoxy) is 1. The molecule has 1 heterocycles. The second kappa shape index (κ2) is 6.57. The van der Waals surface area contributed by atoms with E-state index in [4.69, 9.17) is 16.3 Å². The van der Waals surface area contributed by atoms with Gasteiger partial charge in [0, 0.05) is 18.1 Å². The minimum atomic E-state index is -3.51. The molecule has 0 bridgehead atoms. The summed E-state index contributed by atoms with van der Waals surface area (Å²) in [4.78, 5) is 0.213. The molecule has 0 N–H and O–H groups in total. The van der Waals surface area contributed by atoms with E-state index in [-0.39, 0.29) is 23.4 Å². The highest BCUT2D eigenvalue weighted by Gasteiger charge is 2.37. The summed E-state index contributed by atoms with van der Waals surface area (Å²) < 4.78 is 44.8. The van der Waals surface area contributed by atoms with Gasteiger partial charge in [-0.15, -0.1) is 0 Å². The van der Waals surface area contributed by atoms with Crippen molar-refractivity contribution in [1.29, 1.82) is 0 Å². The number of rotatable bonds is 5. The standard InChI is InChI=1S/C16H15ClFNO3S/c17-13-4-6-16(7-5-13)23(20,21)19-9-15(10-19)22-11-12-2-1-3-14(18)8-12/h1-8,15H,9-11H2. The Morgan fingerprint density at radius 3 is 2.52 bits per heavy atom. The molecule has 0 radical (unpaired) electrons. The topological polar surface area (TPSA) is 46.6 Å². The van der Waals surface area contributed by atoms with Crippen molar-refractivity contribution >= 4 is 21.6 Å². The van der Waals surface area contributed by atoms with Crippen LogP contribution in [-0.4, -0.2) is 31.9 Å². The highest BCUT2D eigenvalue weighted by Crippen LogP contribution is 2.24. The summed E-state index contributed by atoms with van der Waals surface area (Å²) in [7, 11) is -3.51. The Hall–Kier alpha value is -1.47. The molecule has 1 fully saturated rings. The summed E-state index contributed by atoms with van der Waals surface area (Å²) in [5, 5.41) is 0.490. The average Bonchev–Trinajstić information content (AvgIpc) is 2.46. The summed E-state index contributed by atoms with van der Waals surface area (Å²) in [6, 6.07) is 12.2. The first-order chi connectivity index (χ1) is 10.9. The third-order valence-electron chi connectivity index (χ3n) is 3.64. The maximum absolute atomic E-state index is 13.1. The second-order valence-electron chi connectivity index (χ2n) is 5.34. The van der Waals surface area contributed by atoms with E-state index in [0.29, 0.717) is 18.1 Å². The van der Waals surface area contributed by atoms with Crippen LogP contribution in [0.2, 0.25) is 5.02 Å². The van der Waals surface area contributed by atoms with Crippen molar-refractivity contribution in [1.82, 2.24) is 4.31 Å². The number of nitrogens with zero attached hydrogens (tertiary/aromatic N) is 1. The normalized spacial score (nSPS) is 16.3. The van der Waals surface area contributed by atoms with E-state index in [9.17, 15) is 12.8 Å². The lowest BCUT2D eigenvalue weighted by molar-refractivity contribution is -0.0296. The fourth-order valence-corrected chi connectivity index (χ4v) is 3.93. The first-order valence-electron chi connectivity index (χ1n) is 7.07. The molecule has 0 amide bonds. The predicted molar refractivity (Wildman–Crippen MR) is 85.2 cm³/mol. The summed E-state index contributed by atoms with van der Waals surface area (Å²) in [5.41, 5.74) is 0.726. The highest BCUT2D eigenvalue weighted by atomic mass is 35.5. The molecule has 3 rings (SSSR count). The van der Waals surface area contributed by atoms with Crippen LogP contribution in [0.1, 0.15) is 5.56 Å². The van der Waals surface area contributed by atoms with Gasteiger partial charge < -0.3 is 4.74 Å². The summed E-state index contributed by atoms with van der Waals surface area (Å²) in [5.74, 6) is -0.313. The average molecular weight is 356 g/mol. The molecule has 7 heteroatoms. The maximum Gasteiger partial charge on any atom is 0.243 e. The molecule has 4 nitrogen and oxygen atoms in total. The number of sulfonamides is 1. The zero-order valence-electron chi connectivity index (χ0n) is 12.2. The molecule has 0 aromatic heterocycles. The molecule has 0 saturated carbocycles. The van der Waals surface area contributed by atoms with E-state index in [1.807, 2.05) is 0 Å². The third kappa shape index (κ3) is 3.72. The van der Waals surface area contributed by atoms with Crippen LogP contribution in [-0.2, 0) is 21.4 Å². The summed E-state index contributed by atoms with van der Waals surface area (Å²) in [6.45, 7) is 0.845. The molecule has 1 saturated heterocycles. The molecular formula is C16H15ClFNO3S. The quantitative estimate of drug-likeness (QED) is 0.828. The molecule has 1 aliphatic rings. The molecule has 0 aliphatic carbocycles.